The maximum absolute atomic E-state index is 13.0. The van der Waals surface area contributed by atoms with Gasteiger partial charge in [-0.1, -0.05) is 40.9 Å². The lowest BCUT2D eigenvalue weighted by atomic mass is 9.92. The smallest absolute Gasteiger partial charge is 0.258 e. The van der Waals surface area contributed by atoms with Crippen molar-refractivity contribution in [1.82, 2.24) is 9.97 Å². The number of fused-ring (bicyclic) bond motifs is 1. The van der Waals surface area contributed by atoms with E-state index in [0.29, 0.717) is 32.0 Å². The highest BCUT2D eigenvalue weighted by Gasteiger charge is 2.35. The average Bonchev–Trinajstić information content (AvgIpc) is 2.72. The van der Waals surface area contributed by atoms with E-state index in [2.05, 4.69) is 25.9 Å². The molecule has 8 nitrogen and oxygen atoms in total. The summed E-state index contributed by atoms with van der Waals surface area (Å²) < 4.78 is 0. The van der Waals surface area contributed by atoms with Crippen molar-refractivity contribution < 1.29 is 9.59 Å². The highest BCUT2D eigenvalue weighted by atomic mass is 35.5. The molecule has 11 heteroatoms. The monoisotopic (exact) mass is 491 g/mol. The molecule has 4 N–H and O–H groups in total. The molecule has 1 aromatic heterocycles. The third-order valence-electron chi connectivity index (χ3n) is 4.98. The van der Waals surface area contributed by atoms with Crippen LogP contribution in [-0.4, -0.2) is 21.8 Å². The van der Waals surface area contributed by atoms with E-state index in [-0.39, 0.29) is 23.8 Å². The molecule has 4 rings (SSSR count). The molecule has 0 spiro atoms. The van der Waals surface area contributed by atoms with Crippen LogP contribution in [0.25, 0.3) is 0 Å². The van der Waals surface area contributed by atoms with Crippen LogP contribution in [0.15, 0.2) is 41.2 Å². The Morgan fingerprint density at radius 3 is 2.62 bits per heavy atom. The second-order valence-electron chi connectivity index (χ2n) is 7.13. The molecule has 164 valence electrons. The number of aromatic amines is 1. The molecule has 0 saturated carbocycles. The normalized spacial score (nSPS) is 15.0. The van der Waals surface area contributed by atoms with Crippen LogP contribution in [0.5, 0.6) is 0 Å². The third-order valence-corrected chi connectivity index (χ3v) is 5.93. The number of H-pyrrole nitrogens is 1. The molecule has 1 atom stereocenters. The Balaban J connectivity index is 1.66. The molecular formula is C21H16Cl3N5O3. The van der Waals surface area contributed by atoms with Gasteiger partial charge in [0.2, 0.25) is 17.8 Å². The number of benzene rings is 2. The number of nitrogens with one attached hydrogen (secondary N) is 4. The standard InChI is InChI=1S/C21H16Cl3N5O3/c1-9-12(23)3-2-4-14(9)25-19(31)11-8-16(30)27-18-17(11)20(32)29-21(28-18)26-15-6-5-10(22)7-13(15)24/h2-7,11H,8H2,1H3,(H,25,31)(H3,26,27,28,29,30,32)/t11-/m1/s1. The van der Waals surface area contributed by atoms with Gasteiger partial charge in [0.25, 0.3) is 5.56 Å². The molecule has 0 radical (unpaired) electrons. The second kappa shape index (κ2) is 8.82. The number of hydrogen-bond donors (Lipinski definition) is 4. The Labute approximate surface area is 197 Å². The number of halogens is 3. The number of carbonyl (C=O) groups excluding carboxylic acids is 2. The summed E-state index contributed by atoms with van der Waals surface area (Å²) in [5.41, 5.74) is 1.12. The Morgan fingerprint density at radius 1 is 1.09 bits per heavy atom. The molecule has 0 bridgehead atoms. The fraction of sp³-hybridized carbons (Fsp3) is 0.143. The largest absolute Gasteiger partial charge is 0.325 e. The number of carbonyl (C=O) groups is 2. The van der Waals surface area contributed by atoms with Gasteiger partial charge < -0.3 is 16.0 Å². The van der Waals surface area contributed by atoms with Crippen LogP contribution in [0.1, 0.15) is 23.5 Å². The van der Waals surface area contributed by atoms with Crippen LogP contribution < -0.4 is 21.5 Å². The molecule has 0 unspecified atom stereocenters. The van der Waals surface area contributed by atoms with Gasteiger partial charge in [-0.05, 0) is 42.8 Å². The van der Waals surface area contributed by atoms with Gasteiger partial charge in [0, 0.05) is 22.2 Å². The van der Waals surface area contributed by atoms with Gasteiger partial charge in [-0.2, -0.15) is 4.98 Å². The van der Waals surface area contributed by atoms with Crippen LogP contribution in [0.2, 0.25) is 15.1 Å². The van der Waals surface area contributed by atoms with Gasteiger partial charge in [-0.15, -0.1) is 0 Å². The average molecular weight is 493 g/mol. The summed E-state index contributed by atoms with van der Waals surface area (Å²) in [6.07, 6.45) is -0.195. The topological polar surface area (TPSA) is 116 Å². The minimum atomic E-state index is -1.03. The van der Waals surface area contributed by atoms with Crippen LogP contribution in [0.4, 0.5) is 23.1 Å². The van der Waals surface area contributed by atoms with Crippen molar-refractivity contribution in [2.75, 3.05) is 16.0 Å². The van der Waals surface area contributed by atoms with Gasteiger partial charge in [0.1, 0.15) is 5.82 Å². The molecular weight excluding hydrogens is 477 g/mol. The van der Waals surface area contributed by atoms with E-state index in [9.17, 15) is 14.4 Å². The van der Waals surface area contributed by atoms with E-state index < -0.39 is 23.3 Å². The highest BCUT2D eigenvalue weighted by Crippen LogP contribution is 2.32. The first kappa shape index (κ1) is 22.1. The zero-order chi connectivity index (χ0) is 23.0. The lowest BCUT2D eigenvalue weighted by Crippen LogP contribution is -2.36. The van der Waals surface area contributed by atoms with Crippen LogP contribution in [-0.2, 0) is 9.59 Å². The molecule has 0 saturated heterocycles. The van der Waals surface area contributed by atoms with Crippen LogP contribution in [0.3, 0.4) is 0 Å². The minimum Gasteiger partial charge on any atom is -0.325 e. The number of aromatic nitrogens is 2. The third kappa shape index (κ3) is 4.43. The Bertz CT molecular complexity index is 1310. The number of rotatable bonds is 4. The van der Waals surface area contributed by atoms with Gasteiger partial charge in [0.15, 0.2) is 0 Å². The Hall–Kier alpha value is -3.07. The lowest BCUT2D eigenvalue weighted by molar-refractivity contribution is -0.123. The second-order valence-corrected chi connectivity index (χ2v) is 8.38. The predicted octanol–water partition coefficient (Wildman–Crippen LogP) is 4.85. The lowest BCUT2D eigenvalue weighted by Gasteiger charge is -2.24. The first-order valence-corrected chi connectivity index (χ1v) is 10.6. The molecule has 2 amide bonds. The fourth-order valence-corrected chi connectivity index (χ4v) is 3.97. The predicted molar refractivity (Wildman–Crippen MR) is 125 cm³/mol. The van der Waals surface area contributed by atoms with E-state index in [1.165, 1.54) is 6.07 Å². The Kier molecular flexibility index (Phi) is 6.10. The fourth-order valence-electron chi connectivity index (χ4n) is 3.34. The summed E-state index contributed by atoms with van der Waals surface area (Å²) in [6.45, 7) is 1.76. The number of amides is 2. The molecule has 1 aliphatic heterocycles. The van der Waals surface area contributed by atoms with E-state index in [0.717, 1.165) is 0 Å². The summed E-state index contributed by atoms with van der Waals surface area (Å²) in [6, 6.07) is 9.85. The SMILES string of the molecule is Cc1c(Cl)cccc1NC(=O)[C@@H]1CC(=O)Nc2nc(Nc3ccc(Cl)cc3Cl)[nH]c(=O)c21. The maximum atomic E-state index is 13.0. The first-order chi connectivity index (χ1) is 15.2. The van der Waals surface area contributed by atoms with E-state index in [1.807, 2.05) is 0 Å². The van der Waals surface area contributed by atoms with Crippen LogP contribution >= 0.6 is 34.8 Å². The van der Waals surface area contributed by atoms with Crippen molar-refractivity contribution >= 4 is 69.8 Å². The van der Waals surface area contributed by atoms with Crippen molar-refractivity contribution in [3.63, 3.8) is 0 Å². The van der Waals surface area contributed by atoms with E-state index >= 15 is 0 Å². The van der Waals surface area contributed by atoms with Crippen molar-refractivity contribution in [3.05, 3.63) is 72.9 Å². The molecule has 1 aliphatic rings. The summed E-state index contributed by atoms with van der Waals surface area (Å²) >= 11 is 18.2. The zero-order valence-electron chi connectivity index (χ0n) is 16.6. The van der Waals surface area contributed by atoms with Crippen LogP contribution in [0, 0.1) is 6.92 Å². The van der Waals surface area contributed by atoms with E-state index in [4.69, 9.17) is 34.8 Å². The molecule has 0 aliphatic carbocycles. The van der Waals surface area contributed by atoms with Gasteiger partial charge >= 0.3 is 0 Å². The van der Waals surface area contributed by atoms with E-state index in [1.54, 1.807) is 37.3 Å². The first-order valence-electron chi connectivity index (χ1n) is 9.45. The number of hydrogen-bond acceptors (Lipinski definition) is 5. The Morgan fingerprint density at radius 2 is 1.88 bits per heavy atom. The molecule has 0 fully saturated rings. The van der Waals surface area contributed by atoms with Crippen molar-refractivity contribution in [2.24, 2.45) is 0 Å². The quantitative estimate of drug-likeness (QED) is 0.416. The summed E-state index contributed by atoms with van der Waals surface area (Å²) in [4.78, 5) is 45.0. The summed E-state index contributed by atoms with van der Waals surface area (Å²) in [7, 11) is 0. The number of nitrogens with zero attached hydrogens (tertiary/aromatic N) is 1. The molecule has 3 aromatic rings. The molecule has 2 heterocycles. The van der Waals surface area contributed by atoms with Crippen molar-refractivity contribution in [3.8, 4) is 0 Å². The molecule has 2 aromatic carbocycles. The van der Waals surface area contributed by atoms with Gasteiger partial charge in [-0.3, -0.25) is 19.4 Å². The zero-order valence-corrected chi connectivity index (χ0v) is 18.8. The number of anilines is 4. The summed E-state index contributed by atoms with van der Waals surface area (Å²) in [5.74, 6) is -1.93. The highest BCUT2D eigenvalue weighted by molar-refractivity contribution is 6.36. The minimum absolute atomic E-state index is 0.000511. The van der Waals surface area contributed by atoms with Gasteiger partial charge in [-0.25, -0.2) is 0 Å². The maximum Gasteiger partial charge on any atom is 0.258 e. The molecule has 32 heavy (non-hydrogen) atoms. The van der Waals surface area contributed by atoms with Crippen molar-refractivity contribution in [1.29, 1.82) is 0 Å². The van der Waals surface area contributed by atoms with Gasteiger partial charge in [0.05, 0.1) is 22.2 Å². The van der Waals surface area contributed by atoms with Crippen molar-refractivity contribution in [2.45, 2.75) is 19.3 Å². The summed E-state index contributed by atoms with van der Waals surface area (Å²) in [5, 5.41) is 9.43.